The summed E-state index contributed by atoms with van der Waals surface area (Å²) in [5, 5.41) is 10.1. The van der Waals surface area contributed by atoms with E-state index in [1.165, 1.54) is 12.1 Å². The van der Waals surface area contributed by atoms with Crippen molar-refractivity contribution in [3.63, 3.8) is 0 Å². The molecule has 0 saturated carbocycles. The lowest BCUT2D eigenvalue weighted by Gasteiger charge is -2.22. The number of aryl methyl sites for hydroxylation is 2. The summed E-state index contributed by atoms with van der Waals surface area (Å²) >= 11 is 0. The van der Waals surface area contributed by atoms with Gasteiger partial charge in [0.15, 0.2) is 5.65 Å². The number of benzene rings is 2. The Balaban J connectivity index is 1.19. The van der Waals surface area contributed by atoms with Crippen molar-refractivity contribution in [1.29, 1.82) is 0 Å². The van der Waals surface area contributed by atoms with E-state index in [2.05, 4.69) is 37.5 Å². The third-order valence-electron chi connectivity index (χ3n) is 8.39. The minimum absolute atomic E-state index is 0.0771. The Morgan fingerprint density at radius 1 is 1.09 bits per heavy atom. The fraction of sp³-hybridized carbons (Fsp3) is 0.286. The number of nitrogens with zero attached hydrogens (tertiary/aromatic N) is 6. The van der Waals surface area contributed by atoms with Gasteiger partial charge in [-0.1, -0.05) is 18.1 Å². The number of alkyl halides is 3. The highest BCUT2D eigenvalue weighted by Gasteiger charge is 2.35. The third-order valence-corrected chi connectivity index (χ3v) is 8.39. The summed E-state index contributed by atoms with van der Waals surface area (Å²) in [6.07, 6.45) is 3.48. The molecule has 6 rings (SSSR count). The standard InChI is InChI=1S/C35H35F3N8O/c1-23-7-8-25(16-24(23)10-12-29-19-39-33-32(6-5-14-46(29)33)41-28-18-40-44(4)21-28)34(47)42-27-11-9-26(31(17-27)35(36,37)38)20-45-15-13-30(22-45)43(2)3/h5-9,11,14,16-19,21,30,41H,13,15,20,22H2,1-4H3,(H,42,47)/t30-/m1/s1. The summed E-state index contributed by atoms with van der Waals surface area (Å²) in [6.45, 7) is 3.52. The molecule has 0 aliphatic carbocycles. The molecule has 5 aromatic rings. The molecule has 0 radical (unpaired) electrons. The highest BCUT2D eigenvalue weighted by atomic mass is 19.4. The molecule has 0 spiro atoms. The van der Waals surface area contributed by atoms with Crippen LogP contribution in [0.4, 0.5) is 30.2 Å². The van der Waals surface area contributed by atoms with Crippen LogP contribution in [0.1, 0.15) is 44.7 Å². The van der Waals surface area contributed by atoms with Crippen molar-refractivity contribution in [2.75, 3.05) is 37.8 Å². The van der Waals surface area contributed by atoms with E-state index in [4.69, 9.17) is 0 Å². The van der Waals surface area contributed by atoms with Crippen molar-refractivity contribution in [2.24, 2.45) is 7.05 Å². The quantitative estimate of drug-likeness (QED) is 0.215. The Bertz CT molecular complexity index is 2000. The number of hydrogen-bond acceptors (Lipinski definition) is 6. The van der Waals surface area contributed by atoms with Crippen molar-refractivity contribution in [3.8, 4) is 11.8 Å². The average Bonchev–Trinajstić information content (AvgIpc) is 3.77. The van der Waals surface area contributed by atoms with Crippen LogP contribution >= 0.6 is 0 Å². The lowest BCUT2D eigenvalue weighted by atomic mass is 10.0. The van der Waals surface area contributed by atoms with Crippen LogP contribution in [0, 0.1) is 18.8 Å². The van der Waals surface area contributed by atoms with Crippen LogP contribution in [0.15, 0.2) is 73.3 Å². The third kappa shape index (κ3) is 7.16. The van der Waals surface area contributed by atoms with Crippen molar-refractivity contribution in [2.45, 2.75) is 32.1 Å². The number of imidazole rings is 1. The normalized spacial score (nSPS) is 15.2. The topological polar surface area (TPSA) is 82.7 Å². The predicted octanol–water partition coefficient (Wildman–Crippen LogP) is 5.93. The Morgan fingerprint density at radius 2 is 1.91 bits per heavy atom. The number of nitrogens with one attached hydrogen (secondary N) is 2. The molecule has 1 atom stereocenters. The molecule has 47 heavy (non-hydrogen) atoms. The number of fused-ring (bicyclic) bond motifs is 1. The van der Waals surface area contributed by atoms with Crippen molar-refractivity contribution >= 4 is 28.6 Å². The molecule has 1 aliphatic rings. The van der Waals surface area contributed by atoms with Crippen LogP contribution in [-0.2, 0) is 19.8 Å². The maximum Gasteiger partial charge on any atom is 0.416 e. The number of likely N-dealkylation sites (tertiary alicyclic amines) is 1. The van der Waals surface area contributed by atoms with Crippen LogP contribution in [0.3, 0.4) is 0 Å². The fourth-order valence-corrected chi connectivity index (χ4v) is 5.75. The number of amides is 1. The maximum atomic E-state index is 14.1. The zero-order valence-electron chi connectivity index (χ0n) is 26.6. The molecule has 0 unspecified atom stereocenters. The minimum Gasteiger partial charge on any atom is -0.350 e. The van der Waals surface area contributed by atoms with Crippen LogP contribution in [-0.4, -0.2) is 68.1 Å². The van der Waals surface area contributed by atoms with E-state index in [1.54, 1.807) is 35.3 Å². The second-order valence-electron chi connectivity index (χ2n) is 12.0. The van der Waals surface area contributed by atoms with Gasteiger partial charge in [-0.05, 0) is 80.9 Å². The van der Waals surface area contributed by atoms with E-state index in [1.807, 2.05) is 61.9 Å². The summed E-state index contributed by atoms with van der Waals surface area (Å²) < 4.78 is 45.9. The SMILES string of the molecule is Cc1ccc(C(=O)Nc2ccc(CN3CC[C@@H](N(C)C)C3)c(C(F)(F)F)c2)cc1C#Cc1cnc2c(Nc3cnn(C)c3)cccn12. The lowest BCUT2D eigenvalue weighted by Crippen LogP contribution is -2.31. The van der Waals surface area contributed by atoms with E-state index < -0.39 is 17.6 Å². The van der Waals surface area contributed by atoms with Gasteiger partial charge in [-0.25, -0.2) is 4.98 Å². The van der Waals surface area contributed by atoms with Gasteiger partial charge in [0.2, 0.25) is 0 Å². The summed E-state index contributed by atoms with van der Waals surface area (Å²) in [6, 6.07) is 13.2. The Morgan fingerprint density at radius 3 is 2.64 bits per heavy atom. The first kappa shape index (κ1) is 31.8. The van der Waals surface area contributed by atoms with Gasteiger partial charge < -0.3 is 15.5 Å². The highest BCUT2D eigenvalue weighted by molar-refractivity contribution is 6.04. The minimum atomic E-state index is -4.56. The van der Waals surface area contributed by atoms with E-state index >= 15 is 0 Å². The lowest BCUT2D eigenvalue weighted by molar-refractivity contribution is -0.138. The summed E-state index contributed by atoms with van der Waals surface area (Å²) in [5.41, 5.74) is 4.23. The van der Waals surface area contributed by atoms with E-state index in [0.717, 1.165) is 36.0 Å². The summed E-state index contributed by atoms with van der Waals surface area (Å²) in [5.74, 6) is 5.76. The molecule has 242 valence electrons. The largest absolute Gasteiger partial charge is 0.416 e. The molecular formula is C35H35F3N8O. The number of rotatable bonds is 7. The first-order valence-electron chi connectivity index (χ1n) is 15.2. The van der Waals surface area contributed by atoms with E-state index in [-0.39, 0.29) is 23.4 Å². The number of pyridine rings is 1. The molecule has 1 saturated heterocycles. The molecule has 0 bridgehead atoms. The first-order valence-corrected chi connectivity index (χ1v) is 15.2. The van der Waals surface area contributed by atoms with Crippen molar-refractivity contribution < 1.29 is 18.0 Å². The molecule has 2 N–H and O–H groups in total. The van der Waals surface area contributed by atoms with Gasteiger partial charge in [-0.3, -0.25) is 18.8 Å². The van der Waals surface area contributed by atoms with Gasteiger partial charge in [-0.2, -0.15) is 18.3 Å². The number of carbonyl (C=O) groups is 1. The summed E-state index contributed by atoms with van der Waals surface area (Å²) in [4.78, 5) is 21.9. The van der Waals surface area contributed by atoms with E-state index in [0.29, 0.717) is 29.5 Å². The zero-order valence-corrected chi connectivity index (χ0v) is 26.6. The molecule has 9 nitrogen and oxygen atoms in total. The molecular weight excluding hydrogens is 605 g/mol. The number of anilines is 3. The van der Waals surface area contributed by atoms with Gasteiger partial charge in [0.1, 0.15) is 5.69 Å². The van der Waals surface area contributed by atoms with Gasteiger partial charge in [0.25, 0.3) is 5.91 Å². The van der Waals surface area contributed by atoms with Crippen LogP contribution in [0.2, 0.25) is 0 Å². The second kappa shape index (κ2) is 12.9. The first-order chi connectivity index (χ1) is 22.4. The number of likely N-dealkylation sites (N-methyl/N-ethyl adjacent to an activating group) is 1. The summed E-state index contributed by atoms with van der Waals surface area (Å²) in [7, 11) is 5.81. The molecule has 1 amide bonds. The number of aromatic nitrogens is 4. The predicted molar refractivity (Wildman–Crippen MR) is 176 cm³/mol. The number of halogens is 3. The average molecular weight is 641 g/mol. The zero-order chi connectivity index (χ0) is 33.3. The van der Waals surface area contributed by atoms with Crippen molar-refractivity contribution in [3.05, 3.63) is 107 Å². The van der Waals surface area contributed by atoms with Crippen molar-refractivity contribution in [1.82, 2.24) is 29.0 Å². The van der Waals surface area contributed by atoms with Crippen LogP contribution < -0.4 is 10.6 Å². The van der Waals surface area contributed by atoms with Gasteiger partial charge >= 0.3 is 6.18 Å². The van der Waals surface area contributed by atoms with Crippen LogP contribution in [0.25, 0.3) is 5.65 Å². The Labute approximate surface area is 271 Å². The Hall–Kier alpha value is -5.12. The van der Waals surface area contributed by atoms with Gasteiger partial charge in [-0.15, -0.1) is 0 Å². The highest BCUT2D eigenvalue weighted by Crippen LogP contribution is 2.35. The fourth-order valence-electron chi connectivity index (χ4n) is 5.75. The molecule has 12 heteroatoms. The number of hydrogen-bond donors (Lipinski definition) is 2. The smallest absolute Gasteiger partial charge is 0.350 e. The molecule has 1 aliphatic heterocycles. The van der Waals surface area contributed by atoms with Gasteiger partial charge in [0.05, 0.1) is 29.3 Å². The number of carbonyl (C=O) groups excluding carboxylic acids is 1. The maximum absolute atomic E-state index is 14.1. The van der Waals surface area contributed by atoms with Gasteiger partial charge in [0, 0.05) is 61.9 Å². The molecule has 2 aromatic carbocycles. The second-order valence-corrected chi connectivity index (χ2v) is 12.0. The monoisotopic (exact) mass is 640 g/mol. The Kier molecular flexibility index (Phi) is 8.77. The van der Waals surface area contributed by atoms with Crippen LogP contribution in [0.5, 0.6) is 0 Å². The van der Waals surface area contributed by atoms with E-state index in [9.17, 15) is 18.0 Å². The molecule has 1 fully saturated rings. The molecule has 4 heterocycles. The molecule has 3 aromatic heterocycles.